The molecule has 0 heterocycles. The Bertz CT molecular complexity index is 434. The highest BCUT2D eigenvalue weighted by Gasteiger charge is 2.12. The normalized spacial score (nSPS) is 12.0. The zero-order chi connectivity index (χ0) is 15.0. The van der Waals surface area contributed by atoms with Crippen LogP contribution in [0.2, 0.25) is 0 Å². The Labute approximate surface area is 120 Å². The summed E-state index contributed by atoms with van der Waals surface area (Å²) >= 11 is 0. The third kappa shape index (κ3) is 4.83. The van der Waals surface area contributed by atoms with E-state index in [0.29, 0.717) is 25.4 Å². The molecular weight excluding hydrogens is 258 g/mol. The molecular formula is C15H23NO4. The predicted molar refractivity (Wildman–Crippen MR) is 77.1 cm³/mol. The maximum absolute atomic E-state index is 12.1. The quantitative estimate of drug-likeness (QED) is 0.792. The van der Waals surface area contributed by atoms with Gasteiger partial charge in [0.15, 0.2) is 0 Å². The van der Waals surface area contributed by atoms with E-state index in [4.69, 9.17) is 14.2 Å². The standard InChI is InChI=1S/C15H23NO4/c1-5-20-10-13-8-12(6-7-14(13)19-4)15(17)16-11(2)9-18-3/h6-8,11H,5,9-10H2,1-4H3,(H,16,17)/t11-/m1/s1. The summed E-state index contributed by atoms with van der Waals surface area (Å²) in [5.41, 5.74) is 1.45. The lowest BCUT2D eigenvalue weighted by Crippen LogP contribution is -2.35. The molecule has 5 heteroatoms. The molecule has 0 aromatic heterocycles. The van der Waals surface area contributed by atoms with Gasteiger partial charge >= 0.3 is 0 Å². The molecule has 112 valence electrons. The lowest BCUT2D eigenvalue weighted by Gasteiger charge is -2.14. The van der Waals surface area contributed by atoms with Crippen LogP contribution >= 0.6 is 0 Å². The Balaban J connectivity index is 2.81. The van der Waals surface area contributed by atoms with Crippen molar-refractivity contribution in [3.63, 3.8) is 0 Å². The number of carbonyl (C=O) groups is 1. The second-order valence-electron chi connectivity index (χ2n) is 4.49. The summed E-state index contributed by atoms with van der Waals surface area (Å²) in [4.78, 5) is 12.1. The van der Waals surface area contributed by atoms with E-state index in [1.807, 2.05) is 13.8 Å². The van der Waals surface area contributed by atoms with Crippen LogP contribution in [0.4, 0.5) is 0 Å². The highest BCUT2D eigenvalue weighted by molar-refractivity contribution is 5.94. The summed E-state index contributed by atoms with van der Waals surface area (Å²) in [6.07, 6.45) is 0. The second-order valence-corrected chi connectivity index (χ2v) is 4.49. The fraction of sp³-hybridized carbons (Fsp3) is 0.533. The number of rotatable bonds is 8. The summed E-state index contributed by atoms with van der Waals surface area (Å²) < 4.78 is 15.6. The smallest absolute Gasteiger partial charge is 0.251 e. The average molecular weight is 281 g/mol. The van der Waals surface area contributed by atoms with Crippen LogP contribution in [0.25, 0.3) is 0 Å². The van der Waals surface area contributed by atoms with Crippen LogP contribution in [0, 0.1) is 0 Å². The van der Waals surface area contributed by atoms with E-state index in [1.165, 1.54) is 0 Å². The molecule has 0 saturated heterocycles. The third-order valence-electron chi connectivity index (χ3n) is 2.80. The molecule has 1 amide bonds. The Morgan fingerprint density at radius 1 is 1.35 bits per heavy atom. The number of benzene rings is 1. The first-order valence-electron chi connectivity index (χ1n) is 6.66. The van der Waals surface area contributed by atoms with E-state index in [9.17, 15) is 4.79 Å². The van der Waals surface area contributed by atoms with Crippen molar-refractivity contribution in [2.75, 3.05) is 27.4 Å². The molecule has 1 aromatic carbocycles. The molecule has 0 unspecified atom stereocenters. The van der Waals surface area contributed by atoms with Gasteiger partial charge in [0.1, 0.15) is 5.75 Å². The van der Waals surface area contributed by atoms with Crippen LogP contribution < -0.4 is 10.1 Å². The molecule has 0 aliphatic carbocycles. The number of hydrogen-bond acceptors (Lipinski definition) is 4. The minimum atomic E-state index is -0.130. The van der Waals surface area contributed by atoms with Gasteiger partial charge in [-0.1, -0.05) is 0 Å². The minimum Gasteiger partial charge on any atom is -0.496 e. The molecule has 0 aliphatic heterocycles. The average Bonchev–Trinajstić information content (AvgIpc) is 2.44. The van der Waals surface area contributed by atoms with E-state index in [0.717, 1.165) is 11.3 Å². The van der Waals surface area contributed by atoms with Gasteiger partial charge in [0.05, 0.1) is 20.3 Å². The molecule has 0 bridgehead atoms. The van der Waals surface area contributed by atoms with Crippen molar-refractivity contribution >= 4 is 5.91 Å². The number of carbonyl (C=O) groups excluding carboxylic acids is 1. The predicted octanol–water partition coefficient (Wildman–Crippen LogP) is 2.00. The summed E-state index contributed by atoms with van der Waals surface area (Å²) in [5, 5.41) is 2.87. The van der Waals surface area contributed by atoms with Crippen LogP contribution in [0.1, 0.15) is 29.8 Å². The fourth-order valence-electron chi connectivity index (χ4n) is 1.84. The zero-order valence-corrected chi connectivity index (χ0v) is 12.6. The summed E-state index contributed by atoms with van der Waals surface area (Å²) in [5.74, 6) is 0.592. The largest absolute Gasteiger partial charge is 0.496 e. The fourth-order valence-corrected chi connectivity index (χ4v) is 1.84. The first-order chi connectivity index (χ1) is 9.62. The summed E-state index contributed by atoms with van der Waals surface area (Å²) in [6, 6.07) is 5.28. The van der Waals surface area contributed by atoms with E-state index >= 15 is 0 Å². The van der Waals surface area contributed by atoms with Crippen molar-refractivity contribution in [3.05, 3.63) is 29.3 Å². The Hall–Kier alpha value is -1.59. The molecule has 5 nitrogen and oxygen atoms in total. The van der Waals surface area contributed by atoms with Crippen LogP contribution in [-0.4, -0.2) is 39.4 Å². The maximum atomic E-state index is 12.1. The van der Waals surface area contributed by atoms with Crippen molar-refractivity contribution in [3.8, 4) is 5.75 Å². The first-order valence-corrected chi connectivity index (χ1v) is 6.66. The second kappa shape index (κ2) is 8.55. The van der Waals surface area contributed by atoms with Gasteiger partial charge in [-0.05, 0) is 32.0 Å². The van der Waals surface area contributed by atoms with Gasteiger partial charge in [-0.15, -0.1) is 0 Å². The lowest BCUT2D eigenvalue weighted by atomic mass is 10.1. The zero-order valence-electron chi connectivity index (χ0n) is 12.6. The van der Waals surface area contributed by atoms with Gasteiger partial charge in [-0.25, -0.2) is 0 Å². The summed E-state index contributed by atoms with van der Waals surface area (Å²) in [7, 11) is 3.21. The van der Waals surface area contributed by atoms with E-state index < -0.39 is 0 Å². The third-order valence-corrected chi connectivity index (χ3v) is 2.80. The van der Waals surface area contributed by atoms with Crippen molar-refractivity contribution in [2.24, 2.45) is 0 Å². The molecule has 0 aliphatic rings. The highest BCUT2D eigenvalue weighted by Crippen LogP contribution is 2.21. The topological polar surface area (TPSA) is 56.8 Å². The van der Waals surface area contributed by atoms with Crippen LogP contribution in [0.15, 0.2) is 18.2 Å². The van der Waals surface area contributed by atoms with E-state index in [2.05, 4.69) is 5.32 Å². The van der Waals surface area contributed by atoms with Gasteiger partial charge < -0.3 is 19.5 Å². The van der Waals surface area contributed by atoms with Gasteiger partial charge in [-0.3, -0.25) is 4.79 Å². The van der Waals surface area contributed by atoms with Crippen molar-refractivity contribution in [2.45, 2.75) is 26.5 Å². The molecule has 1 aromatic rings. The number of nitrogens with one attached hydrogen (secondary N) is 1. The van der Waals surface area contributed by atoms with Gasteiger partial charge in [0, 0.05) is 30.9 Å². The lowest BCUT2D eigenvalue weighted by molar-refractivity contribution is 0.0905. The minimum absolute atomic E-state index is 0.0371. The van der Waals surface area contributed by atoms with Crippen LogP contribution in [0.5, 0.6) is 5.75 Å². The van der Waals surface area contributed by atoms with Crippen LogP contribution in [0.3, 0.4) is 0 Å². The van der Waals surface area contributed by atoms with Crippen molar-refractivity contribution < 1.29 is 19.0 Å². The number of ether oxygens (including phenoxy) is 3. The van der Waals surface area contributed by atoms with Crippen molar-refractivity contribution in [1.29, 1.82) is 0 Å². The molecule has 20 heavy (non-hydrogen) atoms. The van der Waals surface area contributed by atoms with Gasteiger partial charge in [0.2, 0.25) is 0 Å². The van der Waals surface area contributed by atoms with Gasteiger partial charge in [-0.2, -0.15) is 0 Å². The van der Waals surface area contributed by atoms with E-state index in [-0.39, 0.29) is 11.9 Å². The monoisotopic (exact) mass is 281 g/mol. The Morgan fingerprint density at radius 2 is 2.10 bits per heavy atom. The Morgan fingerprint density at radius 3 is 2.70 bits per heavy atom. The number of hydrogen-bond donors (Lipinski definition) is 1. The molecule has 0 radical (unpaired) electrons. The molecule has 0 saturated carbocycles. The maximum Gasteiger partial charge on any atom is 0.251 e. The Kier molecular flexibility index (Phi) is 7.04. The highest BCUT2D eigenvalue weighted by atomic mass is 16.5. The molecule has 1 rings (SSSR count). The van der Waals surface area contributed by atoms with Crippen LogP contribution in [-0.2, 0) is 16.1 Å². The first kappa shape index (κ1) is 16.5. The SMILES string of the molecule is CCOCc1cc(C(=O)N[C@H](C)COC)ccc1OC. The van der Waals surface area contributed by atoms with E-state index in [1.54, 1.807) is 32.4 Å². The number of methoxy groups -OCH3 is 2. The van der Waals surface area contributed by atoms with Gasteiger partial charge in [0.25, 0.3) is 5.91 Å². The molecule has 1 N–H and O–H groups in total. The molecule has 1 atom stereocenters. The molecule has 0 fully saturated rings. The number of amides is 1. The molecule has 0 spiro atoms. The summed E-state index contributed by atoms with van der Waals surface area (Å²) in [6.45, 7) is 5.34. The van der Waals surface area contributed by atoms with Crippen molar-refractivity contribution in [1.82, 2.24) is 5.32 Å².